The molecule has 0 heterocycles. The lowest BCUT2D eigenvalue weighted by Gasteiger charge is -2.59. The predicted molar refractivity (Wildman–Crippen MR) is 94.3 cm³/mol. The smallest absolute Gasteiger partial charge is 0.0585 e. The average molecular weight is 335 g/mol. The van der Waals surface area contributed by atoms with Gasteiger partial charge in [-0.3, -0.25) is 0 Å². The maximum atomic E-state index is 11.2. The molecule has 3 N–H and O–H groups in total. The summed E-state index contributed by atoms with van der Waals surface area (Å²) < 4.78 is 0. The van der Waals surface area contributed by atoms with Crippen molar-refractivity contribution in [2.75, 3.05) is 0 Å². The first-order chi connectivity index (χ1) is 11.3. The zero-order valence-electron chi connectivity index (χ0n) is 15.4. The third-order valence-electron chi connectivity index (χ3n) is 8.66. The molecule has 0 radical (unpaired) electrons. The Labute approximate surface area is 146 Å². The van der Waals surface area contributed by atoms with E-state index in [1.54, 1.807) is 0 Å². The highest BCUT2D eigenvalue weighted by atomic mass is 16.3. The molecule has 0 spiro atoms. The van der Waals surface area contributed by atoms with Crippen molar-refractivity contribution in [1.82, 2.24) is 0 Å². The quantitative estimate of drug-likeness (QED) is 0.645. The summed E-state index contributed by atoms with van der Waals surface area (Å²) in [5, 5.41) is 31.6. The van der Waals surface area contributed by atoms with Crippen LogP contribution in [0.4, 0.5) is 0 Å². The number of allylic oxidation sites excluding steroid dienone is 1. The Kier molecular flexibility index (Phi) is 3.95. The van der Waals surface area contributed by atoms with Crippen LogP contribution in [0.5, 0.6) is 0 Å². The van der Waals surface area contributed by atoms with Crippen LogP contribution in [0.15, 0.2) is 11.6 Å². The maximum Gasteiger partial charge on any atom is 0.0585 e. The molecule has 24 heavy (non-hydrogen) atoms. The molecule has 0 aromatic heterocycles. The molecule has 3 heteroatoms. The van der Waals surface area contributed by atoms with Gasteiger partial charge in [-0.25, -0.2) is 0 Å². The van der Waals surface area contributed by atoms with Crippen LogP contribution in [0, 0.1) is 34.5 Å². The van der Waals surface area contributed by atoms with Gasteiger partial charge in [0.15, 0.2) is 0 Å². The van der Waals surface area contributed by atoms with Gasteiger partial charge in [0.2, 0.25) is 0 Å². The monoisotopic (exact) mass is 334 g/mol. The molecule has 4 aliphatic carbocycles. The van der Waals surface area contributed by atoms with Crippen LogP contribution in [0.3, 0.4) is 0 Å². The van der Waals surface area contributed by atoms with Gasteiger partial charge in [-0.15, -0.1) is 0 Å². The highest BCUT2D eigenvalue weighted by Crippen LogP contribution is 2.66. The summed E-state index contributed by atoms with van der Waals surface area (Å²) in [6.45, 7) is 6.60. The van der Waals surface area contributed by atoms with Crippen molar-refractivity contribution < 1.29 is 15.3 Å². The molecule has 0 aliphatic heterocycles. The lowest BCUT2D eigenvalue weighted by molar-refractivity contribution is -0.134. The Hall–Kier alpha value is -0.380. The Morgan fingerprint density at radius 3 is 2.62 bits per heavy atom. The summed E-state index contributed by atoms with van der Waals surface area (Å²) >= 11 is 0. The molecule has 3 nitrogen and oxygen atoms in total. The van der Waals surface area contributed by atoms with E-state index in [2.05, 4.69) is 19.9 Å². The number of hydrogen-bond acceptors (Lipinski definition) is 3. The topological polar surface area (TPSA) is 60.7 Å². The summed E-state index contributed by atoms with van der Waals surface area (Å²) in [6.07, 6.45) is 8.48. The average Bonchev–Trinajstić information content (AvgIpc) is 2.84. The van der Waals surface area contributed by atoms with Gasteiger partial charge >= 0.3 is 0 Å². The molecule has 9 unspecified atom stereocenters. The van der Waals surface area contributed by atoms with Crippen LogP contribution in [0.2, 0.25) is 0 Å². The van der Waals surface area contributed by atoms with E-state index >= 15 is 0 Å². The second-order valence-electron chi connectivity index (χ2n) is 9.78. The van der Waals surface area contributed by atoms with Gasteiger partial charge in [0.1, 0.15) is 0 Å². The van der Waals surface area contributed by atoms with Gasteiger partial charge in [0, 0.05) is 0 Å². The molecule has 136 valence electrons. The van der Waals surface area contributed by atoms with E-state index in [1.165, 1.54) is 12.0 Å². The fourth-order valence-electron chi connectivity index (χ4n) is 7.60. The molecule has 3 fully saturated rings. The van der Waals surface area contributed by atoms with Crippen molar-refractivity contribution in [3.63, 3.8) is 0 Å². The standard InChI is InChI=1S/C21H34O3/c1-12(22)16-6-7-17-15-5-4-13-10-14(23)8-9-20(13,2)19(15)18(24)11-21(16,17)3/h4,12,14-19,22-24H,5-11H2,1-3H3. The Morgan fingerprint density at radius 1 is 1.17 bits per heavy atom. The number of fused-ring (bicyclic) bond motifs is 5. The molecule has 3 saturated carbocycles. The predicted octanol–water partition coefficient (Wildman–Crippen LogP) is 3.28. The number of aliphatic hydroxyl groups is 3. The van der Waals surface area contributed by atoms with Crippen LogP contribution in [-0.2, 0) is 0 Å². The molecule has 9 atom stereocenters. The molecule has 0 bridgehead atoms. The molecular weight excluding hydrogens is 300 g/mol. The van der Waals surface area contributed by atoms with Crippen molar-refractivity contribution in [1.29, 1.82) is 0 Å². The van der Waals surface area contributed by atoms with Crippen LogP contribution in [0.25, 0.3) is 0 Å². The van der Waals surface area contributed by atoms with Gasteiger partial charge < -0.3 is 15.3 Å². The third-order valence-corrected chi connectivity index (χ3v) is 8.66. The van der Waals surface area contributed by atoms with E-state index in [0.717, 1.165) is 38.5 Å². The second-order valence-corrected chi connectivity index (χ2v) is 9.78. The summed E-state index contributed by atoms with van der Waals surface area (Å²) in [7, 11) is 0. The van der Waals surface area contributed by atoms with E-state index in [9.17, 15) is 15.3 Å². The summed E-state index contributed by atoms with van der Waals surface area (Å²) in [6, 6.07) is 0. The summed E-state index contributed by atoms with van der Waals surface area (Å²) in [5.41, 5.74) is 1.53. The molecule has 4 rings (SSSR count). The normalized spacial score (nSPS) is 55.2. The minimum Gasteiger partial charge on any atom is -0.393 e. The van der Waals surface area contributed by atoms with Crippen molar-refractivity contribution in [3.8, 4) is 0 Å². The SMILES string of the molecule is CC(O)C1CCC2C3CC=C4CC(O)CCC4(C)C3C(O)CC12C. The third kappa shape index (κ3) is 2.20. The number of hydrogen-bond donors (Lipinski definition) is 3. The molecular formula is C21H34O3. The largest absolute Gasteiger partial charge is 0.393 e. The van der Waals surface area contributed by atoms with E-state index in [-0.39, 0.29) is 29.1 Å². The van der Waals surface area contributed by atoms with Crippen molar-refractivity contribution in [2.24, 2.45) is 34.5 Å². The van der Waals surface area contributed by atoms with Crippen LogP contribution >= 0.6 is 0 Å². The van der Waals surface area contributed by atoms with Crippen molar-refractivity contribution in [3.05, 3.63) is 11.6 Å². The van der Waals surface area contributed by atoms with Crippen LogP contribution in [-0.4, -0.2) is 33.6 Å². The Balaban J connectivity index is 1.70. The number of aliphatic hydroxyl groups excluding tert-OH is 3. The Bertz CT molecular complexity index is 541. The molecule has 0 amide bonds. The van der Waals surface area contributed by atoms with Crippen molar-refractivity contribution >= 4 is 0 Å². The summed E-state index contributed by atoms with van der Waals surface area (Å²) in [5.74, 6) is 1.80. The number of rotatable bonds is 1. The minimum atomic E-state index is -0.279. The van der Waals surface area contributed by atoms with E-state index in [0.29, 0.717) is 23.7 Å². The zero-order valence-corrected chi connectivity index (χ0v) is 15.4. The van der Waals surface area contributed by atoms with Gasteiger partial charge in [-0.2, -0.15) is 0 Å². The van der Waals surface area contributed by atoms with E-state index in [1.807, 2.05) is 6.92 Å². The van der Waals surface area contributed by atoms with Crippen molar-refractivity contribution in [2.45, 2.75) is 84.0 Å². The second kappa shape index (κ2) is 5.56. The first kappa shape index (κ1) is 17.1. The van der Waals surface area contributed by atoms with Gasteiger partial charge in [0.25, 0.3) is 0 Å². The van der Waals surface area contributed by atoms with Crippen LogP contribution < -0.4 is 0 Å². The lowest BCUT2D eigenvalue weighted by Crippen LogP contribution is -2.57. The Morgan fingerprint density at radius 2 is 1.92 bits per heavy atom. The first-order valence-electron chi connectivity index (χ1n) is 10.0. The highest BCUT2D eigenvalue weighted by Gasteiger charge is 2.62. The fraction of sp³-hybridized carbons (Fsp3) is 0.905. The minimum absolute atomic E-state index is 0.0613. The zero-order chi connectivity index (χ0) is 17.3. The van der Waals surface area contributed by atoms with E-state index in [4.69, 9.17) is 0 Å². The molecule has 0 saturated heterocycles. The maximum absolute atomic E-state index is 11.2. The fourth-order valence-corrected chi connectivity index (χ4v) is 7.60. The lowest BCUT2D eigenvalue weighted by atomic mass is 9.46. The highest BCUT2D eigenvalue weighted by molar-refractivity contribution is 5.26. The molecule has 4 aliphatic rings. The molecule has 0 aromatic rings. The molecule has 0 aromatic carbocycles. The summed E-state index contributed by atoms with van der Waals surface area (Å²) in [4.78, 5) is 0. The van der Waals surface area contributed by atoms with Gasteiger partial charge in [-0.05, 0) is 86.4 Å². The van der Waals surface area contributed by atoms with Gasteiger partial charge in [0.05, 0.1) is 18.3 Å². The van der Waals surface area contributed by atoms with Crippen LogP contribution in [0.1, 0.15) is 65.7 Å². The van der Waals surface area contributed by atoms with E-state index < -0.39 is 0 Å². The first-order valence-corrected chi connectivity index (χ1v) is 10.0. The van der Waals surface area contributed by atoms with Gasteiger partial charge in [-0.1, -0.05) is 25.5 Å².